The van der Waals surface area contributed by atoms with Gasteiger partial charge in [-0.15, -0.1) is 0 Å². The smallest absolute Gasteiger partial charge is 0.259 e. The van der Waals surface area contributed by atoms with E-state index in [0.29, 0.717) is 23.6 Å². The normalized spacial score (nSPS) is 10.3. The van der Waals surface area contributed by atoms with E-state index in [0.717, 1.165) is 12.8 Å². The van der Waals surface area contributed by atoms with Gasteiger partial charge in [0.25, 0.3) is 5.91 Å². The van der Waals surface area contributed by atoms with Gasteiger partial charge >= 0.3 is 0 Å². The molecule has 0 radical (unpaired) electrons. The van der Waals surface area contributed by atoms with Gasteiger partial charge in [-0.25, -0.2) is 0 Å². The second-order valence-electron chi connectivity index (χ2n) is 5.93. The number of amides is 1. The van der Waals surface area contributed by atoms with E-state index < -0.39 is 0 Å². The molecule has 2 N–H and O–H groups in total. The fraction of sp³-hybridized carbons (Fsp3) is 0.136. The van der Waals surface area contributed by atoms with Gasteiger partial charge in [0.1, 0.15) is 11.5 Å². The minimum Gasteiger partial charge on any atom is -0.508 e. The van der Waals surface area contributed by atoms with E-state index >= 15 is 0 Å². The average molecular weight is 347 g/mol. The van der Waals surface area contributed by atoms with E-state index in [-0.39, 0.29) is 11.7 Å². The van der Waals surface area contributed by atoms with Gasteiger partial charge in [0.2, 0.25) is 0 Å². The zero-order chi connectivity index (χ0) is 18.2. The molecule has 1 amide bonds. The third kappa shape index (κ3) is 4.86. The van der Waals surface area contributed by atoms with Crippen molar-refractivity contribution in [2.75, 3.05) is 11.9 Å². The Morgan fingerprint density at radius 1 is 0.885 bits per heavy atom. The number of hydrogen-bond acceptors (Lipinski definition) is 3. The maximum atomic E-state index is 12.5. The van der Waals surface area contributed by atoms with Crippen LogP contribution in [0.25, 0.3) is 0 Å². The summed E-state index contributed by atoms with van der Waals surface area (Å²) in [5.74, 6) is 0.483. The molecule has 0 atom stereocenters. The van der Waals surface area contributed by atoms with Gasteiger partial charge in [-0.05, 0) is 54.8 Å². The Kier molecular flexibility index (Phi) is 5.88. The zero-order valence-corrected chi connectivity index (χ0v) is 14.4. The number of aromatic hydroxyl groups is 1. The largest absolute Gasteiger partial charge is 0.508 e. The third-order valence-electron chi connectivity index (χ3n) is 3.97. The third-order valence-corrected chi connectivity index (χ3v) is 3.97. The summed E-state index contributed by atoms with van der Waals surface area (Å²) < 4.78 is 5.84. The number of benzene rings is 3. The monoisotopic (exact) mass is 347 g/mol. The maximum absolute atomic E-state index is 12.5. The summed E-state index contributed by atoms with van der Waals surface area (Å²) in [6.45, 7) is 0.540. The van der Waals surface area contributed by atoms with Crippen LogP contribution in [0.2, 0.25) is 0 Å². The van der Waals surface area contributed by atoms with Crippen molar-refractivity contribution >= 4 is 11.6 Å². The lowest BCUT2D eigenvalue weighted by atomic mass is 10.1. The van der Waals surface area contributed by atoms with Gasteiger partial charge in [-0.1, -0.05) is 42.5 Å². The van der Waals surface area contributed by atoms with Crippen LogP contribution in [0.4, 0.5) is 5.69 Å². The summed E-state index contributed by atoms with van der Waals surface area (Å²) in [6, 6.07) is 23.8. The van der Waals surface area contributed by atoms with E-state index in [1.807, 2.05) is 30.3 Å². The van der Waals surface area contributed by atoms with Crippen LogP contribution in [-0.2, 0) is 6.42 Å². The minimum atomic E-state index is -0.241. The Morgan fingerprint density at radius 2 is 1.58 bits per heavy atom. The predicted molar refractivity (Wildman–Crippen MR) is 103 cm³/mol. The summed E-state index contributed by atoms with van der Waals surface area (Å²) in [6.07, 6.45) is 1.81. The van der Waals surface area contributed by atoms with Crippen LogP contribution in [0, 0.1) is 0 Å². The molecule has 132 valence electrons. The molecule has 3 aromatic rings. The molecule has 0 saturated carbocycles. The number of anilines is 1. The van der Waals surface area contributed by atoms with E-state index in [4.69, 9.17) is 4.74 Å². The number of para-hydroxylation sites is 1. The molecule has 0 aliphatic carbocycles. The van der Waals surface area contributed by atoms with Crippen molar-refractivity contribution in [2.45, 2.75) is 12.8 Å². The highest BCUT2D eigenvalue weighted by molar-refractivity contribution is 6.06. The van der Waals surface area contributed by atoms with Crippen LogP contribution >= 0.6 is 0 Å². The number of phenolic OH excluding ortho intramolecular Hbond substituents is 1. The maximum Gasteiger partial charge on any atom is 0.259 e. The number of carbonyl (C=O) groups excluding carboxylic acids is 1. The predicted octanol–water partition coefficient (Wildman–Crippen LogP) is 4.66. The van der Waals surface area contributed by atoms with Crippen molar-refractivity contribution in [1.29, 1.82) is 0 Å². The molecule has 4 nitrogen and oxygen atoms in total. The molecule has 4 heteroatoms. The van der Waals surface area contributed by atoms with Crippen molar-refractivity contribution in [2.24, 2.45) is 0 Å². The van der Waals surface area contributed by atoms with Gasteiger partial charge in [-0.3, -0.25) is 4.79 Å². The topological polar surface area (TPSA) is 58.6 Å². The lowest BCUT2D eigenvalue weighted by Gasteiger charge is -2.12. The summed E-state index contributed by atoms with van der Waals surface area (Å²) in [5.41, 5.74) is 2.38. The zero-order valence-electron chi connectivity index (χ0n) is 14.4. The molecule has 0 heterocycles. The highest BCUT2D eigenvalue weighted by atomic mass is 16.5. The minimum absolute atomic E-state index is 0.158. The number of aryl methyl sites for hydroxylation is 1. The van der Waals surface area contributed by atoms with Crippen LogP contribution in [0.5, 0.6) is 11.5 Å². The Hall–Kier alpha value is -3.27. The highest BCUT2D eigenvalue weighted by Crippen LogP contribution is 2.21. The van der Waals surface area contributed by atoms with Crippen LogP contribution in [-0.4, -0.2) is 17.6 Å². The molecule has 0 aromatic heterocycles. The standard InChI is InChI=1S/C22H21NO3/c24-19-14-12-18(13-15-19)23-22(25)20-10-4-5-11-21(20)26-16-6-9-17-7-2-1-3-8-17/h1-5,7-8,10-15,24H,6,9,16H2,(H,23,25). The molecule has 26 heavy (non-hydrogen) atoms. The SMILES string of the molecule is O=C(Nc1ccc(O)cc1)c1ccccc1OCCCc1ccccc1. The van der Waals surface area contributed by atoms with Crippen LogP contribution in [0.3, 0.4) is 0 Å². The lowest BCUT2D eigenvalue weighted by molar-refractivity contribution is 0.102. The van der Waals surface area contributed by atoms with Gasteiger partial charge in [0.05, 0.1) is 12.2 Å². The highest BCUT2D eigenvalue weighted by Gasteiger charge is 2.12. The second-order valence-corrected chi connectivity index (χ2v) is 5.93. The second kappa shape index (κ2) is 8.72. The molecule has 0 fully saturated rings. The fourth-order valence-electron chi connectivity index (χ4n) is 2.63. The quantitative estimate of drug-likeness (QED) is 0.483. The lowest BCUT2D eigenvalue weighted by Crippen LogP contribution is -2.14. The van der Waals surface area contributed by atoms with Crippen molar-refractivity contribution in [1.82, 2.24) is 0 Å². The first-order valence-electron chi connectivity index (χ1n) is 8.58. The number of hydrogen-bond donors (Lipinski definition) is 2. The van der Waals surface area contributed by atoms with E-state index in [9.17, 15) is 9.90 Å². The van der Waals surface area contributed by atoms with E-state index in [1.54, 1.807) is 24.3 Å². The summed E-state index contributed by atoms with van der Waals surface area (Å²) >= 11 is 0. The van der Waals surface area contributed by atoms with Crippen LogP contribution in [0.1, 0.15) is 22.3 Å². The molecule has 0 spiro atoms. The van der Waals surface area contributed by atoms with Crippen LogP contribution < -0.4 is 10.1 Å². The van der Waals surface area contributed by atoms with Crippen LogP contribution in [0.15, 0.2) is 78.9 Å². The van der Waals surface area contributed by atoms with Gasteiger partial charge in [0.15, 0.2) is 0 Å². The molecule has 0 aliphatic rings. The molecular formula is C22H21NO3. The molecule has 0 bridgehead atoms. The summed E-state index contributed by atoms with van der Waals surface area (Å²) in [7, 11) is 0. The molecule has 0 saturated heterocycles. The number of nitrogens with one attached hydrogen (secondary N) is 1. The molecule has 0 aliphatic heterocycles. The number of ether oxygens (including phenoxy) is 1. The summed E-state index contributed by atoms with van der Waals surface area (Å²) in [4.78, 5) is 12.5. The average Bonchev–Trinajstić information content (AvgIpc) is 2.68. The van der Waals surface area contributed by atoms with Crippen molar-refractivity contribution in [3.63, 3.8) is 0 Å². The van der Waals surface area contributed by atoms with E-state index in [2.05, 4.69) is 17.4 Å². The van der Waals surface area contributed by atoms with Gasteiger partial charge < -0.3 is 15.2 Å². The molecule has 3 rings (SSSR count). The first kappa shape index (κ1) is 17.5. The number of phenols is 1. The van der Waals surface area contributed by atoms with Gasteiger partial charge in [0, 0.05) is 5.69 Å². The fourth-order valence-corrected chi connectivity index (χ4v) is 2.63. The van der Waals surface area contributed by atoms with Crippen molar-refractivity contribution in [3.8, 4) is 11.5 Å². The Labute approximate surface area is 153 Å². The van der Waals surface area contributed by atoms with Crippen molar-refractivity contribution in [3.05, 3.63) is 90.0 Å². The first-order valence-corrected chi connectivity index (χ1v) is 8.58. The number of rotatable bonds is 7. The van der Waals surface area contributed by atoms with E-state index in [1.165, 1.54) is 17.7 Å². The Bertz CT molecular complexity index is 845. The summed E-state index contributed by atoms with van der Waals surface area (Å²) in [5, 5.41) is 12.1. The Morgan fingerprint density at radius 3 is 2.35 bits per heavy atom. The first-order chi connectivity index (χ1) is 12.7. The molecular weight excluding hydrogens is 326 g/mol. The Balaban J connectivity index is 1.58. The van der Waals surface area contributed by atoms with Crippen molar-refractivity contribution < 1.29 is 14.6 Å². The molecule has 0 unspecified atom stereocenters. The number of carbonyl (C=O) groups is 1. The molecule has 3 aromatic carbocycles. The van der Waals surface area contributed by atoms with Gasteiger partial charge in [-0.2, -0.15) is 0 Å².